The summed E-state index contributed by atoms with van der Waals surface area (Å²) >= 11 is 0. The molecular weight excluding hydrogens is 188 g/mol. The van der Waals surface area contributed by atoms with Gasteiger partial charge in [0.1, 0.15) is 0 Å². The zero-order valence-electron chi connectivity index (χ0n) is 10.3. The Kier molecular flexibility index (Phi) is 4.14. The monoisotopic (exact) mass is 212 g/mol. The summed E-state index contributed by atoms with van der Waals surface area (Å²) in [6, 6.07) is 0.650. The number of likely N-dealkylation sites (tertiary alicyclic amines) is 1. The second kappa shape index (κ2) is 4.97. The molecule has 0 aliphatic carbocycles. The fraction of sp³-hybridized carbons (Fsp3) is 0.917. The highest BCUT2D eigenvalue weighted by molar-refractivity contribution is 5.80. The van der Waals surface area contributed by atoms with E-state index in [9.17, 15) is 4.79 Å². The molecule has 1 aliphatic heterocycles. The van der Waals surface area contributed by atoms with Gasteiger partial charge in [-0.1, -0.05) is 13.3 Å². The molecule has 3 nitrogen and oxygen atoms in total. The number of amides is 1. The molecular formula is C12H24N2O. The van der Waals surface area contributed by atoms with Gasteiger partial charge in [0.05, 0.1) is 5.41 Å². The lowest BCUT2D eigenvalue weighted by Gasteiger charge is -2.39. The Labute approximate surface area is 93.0 Å². The van der Waals surface area contributed by atoms with Crippen LogP contribution in [0.2, 0.25) is 0 Å². The van der Waals surface area contributed by atoms with E-state index < -0.39 is 5.41 Å². The molecule has 0 aromatic rings. The van der Waals surface area contributed by atoms with Crippen molar-refractivity contribution in [1.82, 2.24) is 4.90 Å². The number of carbonyl (C=O) groups excluding carboxylic acids is 1. The lowest BCUT2D eigenvalue weighted by Crippen LogP contribution is -2.48. The van der Waals surface area contributed by atoms with Crippen molar-refractivity contribution in [2.75, 3.05) is 13.1 Å². The molecule has 3 heteroatoms. The first-order valence-electron chi connectivity index (χ1n) is 6.01. The van der Waals surface area contributed by atoms with Crippen LogP contribution in [0.1, 0.15) is 46.5 Å². The maximum atomic E-state index is 11.3. The second-order valence-corrected chi connectivity index (χ2v) is 5.28. The highest BCUT2D eigenvalue weighted by Gasteiger charge is 2.31. The van der Waals surface area contributed by atoms with Gasteiger partial charge in [0.15, 0.2) is 0 Å². The van der Waals surface area contributed by atoms with Gasteiger partial charge in [-0.3, -0.25) is 9.69 Å². The van der Waals surface area contributed by atoms with Crippen molar-refractivity contribution < 1.29 is 4.79 Å². The van der Waals surface area contributed by atoms with Gasteiger partial charge in [0.25, 0.3) is 0 Å². The molecule has 1 fully saturated rings. The van der Waals surface area contributed by atoms with Gasteiger partial charge >= 0.3 is 0 Å². The van der Waals surface area contributed by atoms with E-state index >= 15 is 0 Å². The van der Waals surface area contributed by atoms with Crippen molar-refractivity contribution >= 4 is 5.91 Å². The highest BCUT2D eigenvalue weighted by atomic mass is 16.1. The number of primary amides is 1. The van der Waals surface area contributed by atoms with Crippen LogP contribution in [0.15, 0.2) is 0 Å². The first-order chi connectivity index (χ1) is 6.97. The Morgan fingerprint density at radius 1 is 1.47 bits per heavy atom. The molecule has 0 bridgehead atoms. The summed E-state index contributed by atoms with van der Waals surface area (Å²) in [6.07, 6.45) is 5.03. The topological polar surface area (TPSA) is 46.3 Å². The van der Waals surface area contributed by atoms with Gasteiger partial charge in [-0.25, -0.2) is 0 Å². The fourth-order valence-corrected chi connectivity index (χ4v) is 2.32. The maximum Gasteiger partial charge on any atom is 0.224 e. The zero-order chi connectivity index (χ0) is 11.5. The SMILES string of the molecule is CCC1CCCCN1CC(C)(C)C(N)=O. The van der Waals surface area contributed by atoms with Crippen molar-refractivity contribution in [3.05, 3.63) is 0 Å². The van der Waals surface area contributed by atoms with Crippen molar-refractivity contribution in [2.24, 2.45) is 11.1 Å². The molecule has 0 radical (unpaired) electrons. The van der Waals surface area contributed by atoms with E-state index in [-0.39, 0.29) is 5.91 Å². The van der Waals surface area contributed by atoms with Gasteiger partial charge in [-0.15, -0.1) is 0 Å². The number of nitrogens with two attached hydrogens (primary N) is 1. The van der Waals surface area contributed by atoms with Crippen LogP contribution in [0.3, 0.4) is 0 Å². The average molecular weight is 212 g/mol. The molecule has 1 amide bonds. The Morgan fingerprint density at radius 2 is 2.13 bits per heavy atom. The molecule has 1 atom stereocenters. The standard InChI is InChI=1S/C12H24N2O/c1-4-10-7-5-6-8-14(10)9-12(2,3)11(13)15/h10H,4-9H2,1-3H3,(H2,13,15). The smallest absolute Gasteiger partial charge is 0.224 e. The normalized spacial score (nSPS) is 24.1. The number of hydrogen-bond donors (Lipinski definition) is 1. The van der Waals surface area contributed by atoms with E-state index in [0.717, 1.165) is 13.1 Å². The quantitative estimate of drug-likeness (QED) is 0.772. The first kappa shape index (κ1) is 12.5. The van der Waals surface area contributed by atoms with Crippen molar-refractivity contribution in [3.8, 4) is 0 Å². The molecule has 1 rings (SSSR count). The minimum atomic E-state index is -0.398. The summed E-state index contributed by atoms with van der Waals surface area (Å²) in [4.78, 5) is 13.7. The molecule has 1 aliphatic rings. The summed E-state index contributed by atoms with van der Waals surface area (Å²) in [6.45, 7) is 8.03. The highest BCUT2D eigenvalue weighted by Crippen LogP contribution is 2.24. The molecule has 0 spiro atoms. The maximum absolute atomic E-state index is 11.3. The minimum Gasteiger partial charge on any atom is -0.369 e. The van der Waals surface area contributed by atoms with Crippen LogP contribution in [0.25, 0.3) is 0 Å². The van der Waals surface area contributed by atoms with E-state index in [4.69, 9.17) is 5.73 Å². The second-order valence-electron chi connectivity index (χ2n) is 5.28. The summed E-state index contributed by atoms with van der Waals surface area (Å²) in [7, 11) is 0. The van der Waals surface area contributed by atoms with Gasteiger partial charge < -0.3 is 5.73 Å². The average Bonchev–Trinajstić information content (AvgIpc) is 2.18. The van der Waals surface area contributed by atoms with Crippen molar-refractivity contribution in [1.29, 1.82) is 0 Å². The van der Waals surface area contributed by atoms with Gasteiger partial charge in [-0.2, -0.15) is 0 Å². The molecule has 2 N–H and O–H groups in total. The van der Waals surface area contributed by atoms with E-state index in [0.29, 0.717) is 6.04 Å². The van der Waals surface area contributed by atoms with Gasteiger partial charge in [0.2, 0.25) is 5.91 Å². The number of piperidine rings is 1. The van der Waals surface area contributed by atoms with Crippen LogP contribution < -0.4 is 5.73 Å². The summed E-state index contributed by atoms with van der Waals surface area (Å²) in [5, 5.41) is 0. The molecule has 1 saturated heterocycles. The third-order valence-electron chi connectivity index (χ3n) is 3.49. The van der Waals surface area contributed by atoms with Crippen LogP contribution >= 0.6 is 0 Å². The Balaban J connectivity index is 2.58. The molecule has 0 aromatic heterocycles. The van der Waals surface area contributed by atoms with Crippen LogP contribution in [0, 0.1) is 5.41 Å². The number of carbonyl (C=O) groups is 1. The molecule has 0 saturated carbocycles. The third-order valence-corrected chi connectivity index (χ3v) is 3.49. The fourth-order valence-electron chi connectivity index (χ4n) is 2.32. The van der Waals surface area contributed by atoms with E-state index in [1.165, 1.54) is 25.7 Å². The van der Waals surface area contributed by atoms with E-state index in [2.05, 4.69) is 11.8 Å². The van der Waals surface area contributed by atoms with Crippen molar-refractivity contribution in [3.63, 3.8) is 0 Å². The number of hydrogen-bond acceptors (Lipinski definition) is 2. The van der Waals surface area contributed by atoms with Gasteiger partial charge in [-0.05, 0) is 39.7 Å². The van der Waals surface area contributed by atoms with E-state index in [1.54, 1.807) is 0 Å². The molecule has 1 unspecified atom stereocenters. The Morgan fingerprint density at radius 3 is 2.67 bits per heavy atom. The lowest BCUT2D eigenvalue weighted by molar-refractivity contribution is -0.127. The Hall–Kier alpha value is -0.570. The summed E-state index contributed by atoms with van der Waals surface area (Å²) < 4.78 is 0. The van der Waals surface area contributed by atoms with Gasteiger partial charge in [0, 0.05) is 12.6 Å². The van der Waals surface area contributed by atoms with Crippen LogP contribution in [0.5, 0.6) is 0 Å². The lowest BCUT2D eigenvalue weighted by atomic mass is 9.89. The zero-order valence-corrected chi connectivity index (χ0v) is 10.3. The molecule has 0 aromatic carbocycles. The van der Waals surface area contributed by atoms with Crippen molar-refractivity contribution in [2.45, 2.75) is 52.5 Å². The predicted molar refractivity (Wildman–Crippen MR) is 62.5 cm³/mol. The largest absolute Gasteiger partial charge is 0.369 e. The van der Waals surface area contributed by atoms with Crippen LogP contribution in [-0.4, -0.2) is 29.9 Å². The molecule has 15 heavy (non-hydrogen) atoms. The molecule has 1 heterocycles. The van der Waals surface area contributed by atoms with Crippen LogP contribution in [-0.2, 0) is 4.79 Å². The number of nitrogens with zero attached hydrogens (tertiary/aromatic N) is 1. The minimum absolute atomic E-state index is 0.192. The third kappa shape index (κ3) is 3.20. The summed E-state index contributed by atoms with van der Waals surface area (Å²) in [5.41, 5.74) is 5.01. The number of rotatable bonds is 4. The molecule has 88 valence electrons. The Bertz CT molecular complexity index is 226. The first-order valence-corrected chi connectivity index (χ1v) is 6.01. The van der Waals surface area contributed by atoms with Crippen LogP contribution in [0.4, 0.5) is 0 Å². The predicted octanol–water partition coefficient (Wildman–Crippen LogP) is 1.76. The summed E-state index contributed by atoms with van der Waals surface area (Å²) in [5.74, 6) is -0.192. The van der Waals surface area contributed by atoms with E-state index in [1.807, 2.05) is 13.8 Å².